The lowest BCUT2D eigenvalue weighted by molar-refractivity contribution is -0.0383. The fourth-order valence-corrected chi connectivity index (χ4v) is 0.926. The summed E-state index contributed by atoms with van der Waals surface area (Å²) in [6, 6.07) is 0. The molecule has 0 aliphatic carbocycles. The summed E-state index contributed by atoms with van der Waals surface area (Å²) in [7, 11) is 0. The molecule has 1 rings (SSSR count). The molecule has 10 heavy (non-hydrogen) atoms. The molecule has 0 unspecified atom stereocenters. The zero-order valence-electron chi connectivity index (χ0n) is 5.64. The summed E-state index contributed by atoms with van der Waals surface area (Å²) in [6.07, 6.45) is -3.42. The van der Waals surface area contributed by atoms with Gasteiger partial charge < -0.3 is 20.1 Å². The predicted molar refractivity (Wildman–Crippen MR) is 32.9 cm³/mol. The quantitative estimate of drug-likeness (QED) is 0.429. The number of rotatable bonds is 1. The summed E-state index contributed by atoms with van der Waals surface area (Å²) < 4.78 is 4.76. The molecule has 0 aromatic carbocycles. The molecule has 0 spiro atoms. The molecule has 1 heterocycles. The van der Waals surface area contributed by atoms with Gasteiger partial charge in [0.15, 0.2) is 0 Å². The Kier molecular flexibility index (Phi) is 2.25. The van der Waals surface area contributed by atoms with Gasteiger partial charge in [-0.05, 0) is 6.92 Å². The van der Waals surface area contributed by atoms with Gasteiger partial charge in [0.1, 0.15) is 24.9 Å². The topological polar surface area (TPSA) is 69.9 Å². The fourth-order valence-electron chi connectivity index (χ4n) is 0.926. The molecule has 4 nitrogen and oxygen atoms in total. The van der Waals surface area contributed by atoms with Gasteiger partial charge in [-0.1, -0.05) is 0 Å². The minimum absolute atomic E-state index is 0.685. The third kappa shape index (κ3) is 1.29. The highest BCUT2D eigenvalue weighted by molar-refractivity contribution is 4.92. The van der Waals surface area contributed by atoms with Crippen molar-refractivity contribution in [3.63, 3.8) is 0 Å². The average Bonchev–Trinajstić information content (AvgIpc) is 2.14. The van der Waals surface area contributed by atoms with Crippen LogP contribution >= 0.6 is 0 Å². The van der Waals surface area contributed by atoms with E-state index in [-0.39, 0.29) is 0 Å². The van der Waals surface area contributed by atoms with Crippen molar-refractivity contribution in [2.24, 2.45) is 0 Å². The van der Waals surface area contributed by atoms with Gasteiger partial charge >= 0.3 is 0 Å². The number of aliphatic hydroxyl groups is 3. The molecule has 0 aromatic heterocycles. The lowest BCUT2D eigenvalue weighted by atomic mass is 10.1. The van der Waals surface area contributed by atoms with Crippen molar-refractivity contribution in [2.45, 2.75) is 31.3 Å². The number of hydrogen-bond acceptors (Lipinski definition) is 4. The van der Waals surface area contributed by atoms with Gasteiger partial charge in [0.2, 0.25) is 0 Å². The minimum atomic E-state index is -1.00. The summed E-state index contributed by atoms with van der Waals surface area (Å²) in [4.78, 5) is 0. The highest BCUT2D eigenvalue weighted by Gasteiger charge is 2.37. The molecule has 0 saturated carbocycles. The van der Waals surface area contributed by atoms with Gasteiger partial charge in [-0.15, -0.1) is 0 Å². The Labute approximate surface area is 59.1 Å². The Morgan fingerprint density at radius 3 is 2.30 bits per heavy atom. The van der Waals surface area contributed by atoms with Crippen molar-refractivity contribution in [2.75, 3.05) is 0 Å². The van der Waals surface area contributed by atoms with Crippen molar-refractivity contribution < 1.29 is 20.1 Å². The highest BCUT2D eigenvalue weighted by atomic mass is 16.5. The SMILES string of the molecule is C[C@@H](O)[C@@H]1O[CH][C@H](O)[C@H]1O. The molecular weight excluding hydrogens is 136 g/mol. The Bertz CT molecular complexity index is 114. The van der Waals surface area contributed by atoms with Crippen LogP contribution in [-0.4, -0.2) is 39.7 Å². The second kappa shape index (κ2) is 2.84. The van der Waals surface area contributed by atoms with Crippen molar-refractivity contribution >= 4 is 0 Å². The van der Waals surface area contributed by atoms with Crippen molar-refractivity contribution in [1.82, 2.24) is 0 Å². The van der Waals surface area contributed by atoms with Gasteiger partial charge in [-0.3, -0.25) is 0 Å². The van der Waals surface area contributed by atoms with E-state index in [0.29, 0.717) is 0 Å². The van der Waals surface area contributed by atoms with Crippen LogP contribution in [0, 0.1) is 6.61 Å². The van der Waals surface area contributed by atoms with Gasteiger partial charge in [-0.25, -0.2) is 0 Å². The van der Waals surface area contributed by atoms with Crippen LogP contribution in [0.25, 0.3) is 0 Å². The van der Waals surface area contributed by atoms with Crippen LogP contribution in [0.5, 0.6) is 0 Å². The maximum absolute atomic E-state index is 9.06. The molecule has 1 saturated heterocycles. The summed E-state index contributed by atoms with van der Waals surface area (Å²) in [5.74, 6) is 0. The van der Waals surface area contributed by atoms with Gasteiger partial charge in [-0.2, -0.15) is 0 Å². The molecule has 0 amide bonds. The molecular formula is C6H11O4. The molecule has 1 radical (unpaired) electrons. The zero-order chi connectivity index (χ0) is 7.72. The zero-order valence-corrected chi connectivity index (χ0v) is 5.64. The number of hydrogen-bond donors (Lipinski definition) is 3. The van der Waals surface area contributed by atoms with E-state index < -0.39 is 24.4 Å². The van der Waals surface area contributed by atoms with Gasteiger partial charge in [0.25, 0.3) is 0 Å². The first-order valence-corrected chi connectivity index (χ1v) is 3.16. The molecule has 4 heteroatoms. The largest absolute Gasteiger partial charge is 0.391 e. The second-order valence-electron chi connectivity index (χ2n) is 2.46. The number of ether oxygens (including phenoxy) is 1. The molecule has 59 valence electrons. The molecule has 3 N–H and O–H groups in total. The summed E-state index contributed by atoms with van der Waals surface area (Å²) >= 11 is 0. The predicted octanol–water partition coefficient (Wildman–Crippen LogP) is -1.35. The van der Waals surface area contributed by atoms with Crippen LogP contribution in [0.1, 0.15) is 6.92 Å². The van der Waals surface area contributed by atoms with Crippen molar-refractivity contribution in [3.8, 4) is 0 Å². The summed E-state index contributed by atoms with van der Waals surface area (Å²) in [5, 5.41) is 26.9. The summed E-state index contributed by atoms with van der Waals surface area (Å²) in [5.41, 5.74) is 0. The maximum atomic E-state index is 9.06. The first kappa shape index (κ1) is 7.94. The minimum Gasteiger partial charge on any atom is -0.391 e. The summed E-state index contributed by atoms with van der Waals surface area (Å²) in [6.45, 7) is 2.63. The molecule has 1 fully saturated rings. The fraction of sp³-hybridized carbons (Fsp3) is 0.833. The van der Waals surface area contributed by atoms with E-state index in [2.05, 4.69) is 0 Å². The molecule has 4 atom stereocenters. The Hall–Kier alpha value is -0.160. The monoisotopic (exact) mass is 147 g/mol. The van der Waals surface area contributed by atoms with E-state index in [0.717, 1.165) is 6.61 Å². The van der Waals surface area contributed by atoms with Crippen LogP contribution in [-0.2, 0) is 4.74 Å². The first-order valence-electron chi connectivity index (χ1n) is 3.16. The van der Waals surface area contributed by atoms with Crippen molar-refractivity contribution in [1.29, 1.82) is 0 Å². The highest BCUT2D eigenvalue weighted by Crippen LogP contribution is 2.19. The van der Waals surface area contributed by atoms with Crippen LogP contribution in [0.4, 0.5) is 0 Å². The molecule has 0 bridgehead atoms. The third-order valence-corrected chi connectivity index (χ3v) is 1.54. The second-order valence-corrected chi connectivity index (χ2v) is 2.46. The smallest absolute Gasteiger partial charge is 0.115 e. The third-order valence-electron chi connectivity index (χ3n) is 1.54. The average molecular weight is 147 g/mol. The molecule has 1 aliphatic rings. The lowest BCUT2D eigenvalue weighted by Crippen LogP contribution is -2.36. The Balaban J connectivity index is 2.49. The first-order chi connectivity index (χ1) is 4.63. The van der Waals surface area contributed by atoms with E-state index >= 15 is 0 Å². The Morgan fingerprint density at radius 1 is 1.50 bits per heavy atom. The lowest BCUT2D eigenvalue weighted by Gasteiger charge is -2.16. The van der Waals surface area contributed by atoms with Crippen LogP contribution in [0.2, 0.25) is 0 Å². The van der Waals surface area contributed by atoms with E-state index in [9.17, 15) is 0 Å². The van der Waals surface area contributed by atoms with Crippen molar-refractivity contribution in [3.05, 3.63) is 6.61 Å². The van der Waals surface area contributed by atoms with Gasteiger partial charge in [0.05, 0.1) is 6.10 Å². The van der Waals surface area contributed by atoms with Crippen LogP contribution < -0.4 is 0 Å². The standard InChI is InChI=1S/C6H11O4/c1-3(7)6-5(9)4(8)2-10-6/h2-9H,1H3/t3-,4+,5-,6+/m1/s1. The van der Waals surface area contributed by atoms with Gasteiger partial charge in [0, 0.05) is 0 Å². The van der Waals surface area contributed by atoms with Crippen LogP contribution in [0.15, 0.2) is 0 Å². The normalized spacial score (nSPS) is 43.8. The molecule has 1 aliphatic heterocycles. The van der Waals surface area contributed by atoms with E-state index in [4.69, 9.17) is 20.1 Å². The van der Waals surface area contributed by atoms with E-state index in [1.807, 2.05) is 0 Å². The number of aliphatic hydroxyl groups excluding tert-OH is 3. The maximum Gasteiger partial charge on any atom is 0.115 e. The van der Waals surface area contributed by atoms with E-state index in [1.54, 1.807) is 0 Å². The molecule has 0 aromatic rings. The van der Waals surface area contributed by atoms with E-state index in [1.165, 1.54) is 6.92 Å². The Morgan fingerprint density at radius 2 is 2.10 bits per heavy atom. The van der Waals surface area contributed by atoms with Crippen LogP contribution in [0.3, 0.4) is 0 Å².